The minimum absolute atomic E-state index is 0.184. The zero-order valence-corrected chi connectivity index (χ0v) is 19.8. The van der Waals surface area contributed by atoms with Gasteiger partial charge in [0.15, 0.2) is 15.8 Å². The molecule has 0 saturated heterocycles. The second-order valence-electron chi connectivity index (χ2n) is 5.73. The molecule has 0 saturated carbocycles. The summed E-state index contributed by atoms with van der Waals surface area (Å²) in [4.78, 5) is 16.6. The summed E-state index contributed by atoms with van der Waals surface area (Å²) in [5, 5.41) is 4.06. The van der Waals surface area contributed by atoms with E-state index in [2.05, 4.69) is 38.1 Å². The van der Waals surface area contributed by atoms with Gasteiger partial charge < -0.3 is 9.47 Å². The minimum atomic E-state index is -0.184. The molecule has 0 radical (unpaired) electrons. The Kier molecular flexibility index (Phi) is 8.13. The first-order chi connectivity index (χ1) is 14.1. The van der Waals surface area contributed by atoms with Gasteiger partial charge in [-0.2, -0.15) is 5.10 Å². The Bertz CT molecular complexity index is 990. The molecule has 152 valence electrons. The smallest absolute Gasteiger partial charge is 0.250 e. The van der Waals surface area contributed by atoms with E-state index in [-0.39, 0.29) is 11.7 Å². The molecule has 9 heteroatoms. The fourth-order valence-corrected chi connectivity index (χ4v) is 5.10. The number of thioether (sulfide) groups is 1. The Morgan fingerprint density at radius 3 is 2.83 bits per heavy atom. The van der Waals surface area contributed by atoms with Gasteiger partial charge in [-0.1, -0.05) is 23.9 Å². The van der Waals surface area contributed by atoms with Crippen molar-refractivity contribution in [3.8, 4) is 11.5 Å². The second-order valence-corrected chi connectivity index (χ2v) is 9.14. The number of hydrogen-bond donors (Lipinski definition) is 1. The van der Waals surface area contributed by atoms with Crippen molar-refractivity contribution < 1.29 is 14.3 Å². The van der Waals surface area contributed by atoms with Gasteiger partial charge in [0.05, 0.1) is 39.0 Å². The predicted octanol–water partition coefficient (Wildman–Crippen LogP) is 4.94. The van der Waals surface area contributed by atoms with Gasteiger partial charge >= 0.3 is 0 Å². The third kappa shape index (κ3) is 6.06. The molecular formula is C20H20IN3O3S2. The Labute approximate surface area is 191 Å². The van der Waals surface area contributed by atoms with Gasteiger partial charge in [0, 0.05) is 0 Å². The quantitative estimate of drug-likeness (QED) is 0.180. The van der Waals surface area contributed by atoms with E-state index in [4.69, 9.17) is 9.47 Å². The maximum Gasteiger partial charge on any atom is 0.250 e. The molecule has 0 spiro atoms. The summed E-state index contributed by atoms with van der Waals surface area (Å²) in [5.41, 5.74) is 4.33. The van der Waals surface area contributed by atoms with E-state index in [1.807, 2.05) is 50.2 Å². The van der Waals surface area contributed by atoms with Crippen LogP contribution in [0.5, 0.6) is 11.5 Å². The number of fused-ring (bicyclic) bond motifs is 1. The van der Waals surface area contributed by atoms with Crippen LogP contribution >= 0.6 is 45.7 Å². The highest BCUT2D eigenvalue weighted by Crippen LogP contribution is 2.34. The maximum atomic E-state index is 12.1. The fourth-order valence-electron chi connectivity index (χ4n) is 2.46. The monoisotopic (exact) mass is 541 g/mol. The normalized spacial score (nSPS) is 11.1. The lowest BCUT2D eigenvalue weighted by molar-refractivity contribution is -0.118. The molecule has 0 fully saturated rings. The molecule has 1 amide bonds. The fraction of sp³-hybridized carbons (Fsp3) is 0.250. The van der Waals surface area contributed by atoms with E-state index in [0.29, 0.717) is 19.0 Å². The molecular weight excluding hydrogens is 521 g/mol. The van der Waals surface area contributed by atoms with E-state index in [1.165, 1.54) is 11.8 Å². The van der Waals surface area contributed by atoms with Gasteiger partial charge in [-0.25, -0.2) is 10.4 Å². The van der Waals surface area contributed by atoms with Crippen molar-refractivity contribution in [1.29, 1.82) is 0 Å². The summed E-state index contributed by atoms with van der Waals surface area (Å²) >= 11 is 5.19. The first kappa shape index (κ1) is 21.8. The molecule has 3 aromatic rings. The number of thiazole rings is 1. The van der Waals surface area contributed by atoms with Crippen LogP contribution in [-0.2, 0) is 4.79 Å². The number of benzene rings is 2. The average Bonchev–Trinajstić information content (AvgIpc) is 3.12. The average molecular weight is 541 g/mol. The minimum Gasteiger partial charge on any atom is -0.490 e. The molecule has 1 aromatic heterocycles. The van der Waals surface area contributed by atoms with Crippen LogP contribution < -0.4 is 14.9 Å². The highest BCUT2D eigenvalue weighted by molar-refractivity contribution is 14.1. The number of aromatic nitrogens is 1. The molecule has 2 aromatic carbocycles. The first-order valence-electron chi connectivity index (χ1n) is 9.00. The van der Waals surface area contributed by atoms with Gasteiger partial charge in [0.2, 0.25) is 0 Å². The topological polar surface area (TPSA) is 72.8 Å². The highest BCUT2D eigenvalue weighted by Gasteiger charge is 2.11. The maximum absolute atomic E-state index is 12.1. The first-order valence-corrected chi connectivity index (χ1v) is 11.9. The Morgan fingerprint density at radius 2 is 2.07 bits per heavy atom. The number of nitrogens with zero attached hydrogens (tertiary/aromatic N) is 2. The van der Waals surface area contributed by atoms with Crippen LogP contribution in [0.15, 0.2) is 45.8 Å². The standard InChI is InChI=1S/C20H20IN3O3S2/c1-3-26-16-10-13(9-14(21)19(16)27-4-2)11-22-24-18(25)12-28-20-23-15-7-5-6-8-17(15)29-20/h5-11H,3-4,12H2,1-2H3,(H,24,25)/b22-11-. The van der Waals surface area contributed by atoms with Crippen LogP contribution in [0.25, 0.3) is 10.2 Å². The number of nitrogens with one attached hydrogen (secondary N) is 1. The number of amides is 1. The number of rotatable bonds is 9. The van der Waals surface area contributed by atoms with Gasteiger partial charge in [0.25, 0.3) is 5.91 Å². The zero-order chi connectivity index (χ0) is 20.6. The van der Waals surface area contributed by atoms with Crippen molar-refractivity contribution in [2.45, 2.75) is 18.2 Å². The largest absolute Gasteiger partial charge is 0.490 e. The number of halogens is 1. The summed E-state index contributed by atoms with van der Waals surface area (Å²) in [6, 6.07) is 11.7. The van der Waals surface area contributed by atoms with Crippen LogP contribution in [-0.4, -0.2) is 36.1 Å². The molecule has 1 N–H and O–H groups in total. The Morgan fingerprint density at radius 1 is 1.28 bits per heavy atom. The lowest BCUT2D eigenvalue weighted by Crippen LogP contribution is -2.19. The van der Waals surface area contributed by atoms with Gasteiger partial charge in [0.1, 0.15) is 0 Å². The molecule has 3 rings (SSSR count). The number of hydrogen-bond acceptors (Lipinski definition) is 7. The van der Waals surface area contributed by atoms with Crippen LogP contribution in [0.4, 0.5) is 0 Å². The van der Waals surface area contributed by atoms with Crippen LogP contribution in [0.2, 0.25) is 0 Å². The Hall–Kier alpha value is -1.85. The molecule has 0 aliphatic heterocycles. The summed E-state index contributed by atoms with van der Waals surface area (Å²) < 4.78 is 14.2. The van der Waals surface area contributed by atoms with Crippen molar-refractivity contribution in [3.63, 3.8) is 0 Å². The number of hydrazone groups is 1. The van der Waals surface area contributed by atoms with E-state index in [1.54, 1.807) is 17.6 Å². The number of para-hydroxylation sites is 1. The number of ether oxygens (including phenoxy) is 2. The molecule has 6 nitrogen and oxygen atoms in total. The van der Waals surface area contributed by atoms with Crippen molar-refractivity contribution in [2.24, 2.45) is 5.10 Å². The molecule has 0 aliphatic carbocycles. The van der Waals surface area contributed by atoms with Crippen molar-refractivity contribution in [1.82, 2.24) is 10.4 Å². The van der Waals surface area contributed by atoms with E-state index >= 15 is 0 Å². The SMILES string of the molecule is CCOc1cc(/C=N\NC(=O)CSc2nc3ccccc3s2)cc(I)c1OCC. The van der Waals surface area contributed by atoms with Crippen LogP contribution in [0.1, 0.15) is 19.4 Å². The molecule has 0 unspecified atom stereocenters. The van der Waals surface area contributed by atoms with E-state index < -0.39 is 0 Å². The summed E-state index contributed by atoms with van der Waals surface area (Å²) in [6.45, 7) is 4.96. The number of carbonyl (C=O) groups is 1. The molecule has 0 aliphatic rings. The molecule has 0 bridgehead atoms. The summed E-state index contributed by atoms with van der Waals surface area (Å²) in [7, 11) is 0. The molecule has 0 atom stereocenters. The van der Waals surface area contributed by atoms with Crippen LogP contribution in [0.3, 0.4) is 0 Å². The van der Waals surface area contributed by atoms with Gasteiger partial charge in [-0.3, -0.25) is 4.79 Å². The van der Waals surface area contributed by atoms with Crippen molar-refractivity contribution in [2.75, 3.05) is 19.0 Å². The van der Waals surface area contributed by atoms with Crippen molar-refractivity contribution >= 4 is 68.0 Å². The summed E-state index contributed by atoms with van der Waals surface area (Å²) in [6.07, 6.45) is 1.60. The lowest BCUT2D eigenvalue weighted by atomic mass is 10.2. The van der Waals surface area contributed by atoms with Gasteiger partial charge in [-0.15, -0.1) is 11.3 Å². The third-order valence-electron chi connectivity index (χ3n) is 3.62. The molecule has 1 heterocycles. The lowest BCUT2D eigenvalue weighted by Gasteiger charge is -2.13. The van der Waals surface area contributed by atoms with E-state index in [0.717, 1.165) is 29.4 Å². The second kappa shape index (κ2) is 10.8. The predicted molar refractivity (Wildman–Crippen MR) is 128 cm³/mol. The third-order valence-corrected chi connectivity index (χ3v) is 6.60. The number of carbonyl (C=O) groups excluding carboxylic acids is 1. The molecule has 29 heavy (non-hydrogen) atoms. The van der Waals surface area contributed by atoms with Crippen LogP contribution in [0, 0.1) is 3.57 Å². The summed E-state index contributed by atoms with van der Waals surface area (Å²) in [5.74, 6) is 1.46. The van der Waals surface area contributed by atoms with Crippen molar-refractivity contribution in [3.05, 3.63) is 45.5 Å². The highest BCUT2D eigenvalue weighted by atomic mass is 127. The Balaban J connectivity index is 1.57. The van der Waals surface area contributed by atoms with E-state index in [9.17, 15) is 4.79 Å². The zero-order valence-electron chi connectivity index (χ0n) is 16.0. The van der Waals surface area contributed by atoms with Gasteiger partial charge in [-0.05, 0) is 66.3 Å².